The van der Waals surface area contributed by atoms with E-state index in [9.17, 15) is 0 Å². The predicted octanol–water partition coefficient (Wildman–Crippen LogP) is 7.40. The summed E-state index contributed by atoms with van der Waals surface area (Å²) in [4.78, 5) is 0. The summed E-state index contributed by atoms with van der Waals surface area (Å²) in [5, 5.41) is 1.28. The normalized spacial score (nSPS) is 10.6. The van der Waals surface area contributed by atoms with E-state index in [0.717, 1.165) is 0 Å². The Morgan fingerprint density at radius 1 is 0.632 bits per heavy atom. The molecule has 2 aromatic carbocycles. The van der Waals surface area contributed by atoms with E-state index in [1.54, 1.807) is 18.2 Å². The number of rotatable bonds is 2. The average Bonchev–Trinajstić information content (AvgIpc) is 2.38. The fourth-order valence-electron chi connectivity index (χ4n) is 1.31. The molecule has 0 aromatic heterocycles. The zero-order chi connectivity index (χ0) is 14.2. The Kier molecular flexibility index (Phi) is 4.99. The first-order chi connectivity index (χ1) is 8.91. The van der Waals surface area contributed by atoms with Gasteiger partial charge in [0, 0.05) is 6.07 Å². The van der Waals surface area contributed by atoms with E-state index in [4.69, 9.17) is 74.3 Å². The largest absolute Gasteiger partial charge is 0.454 e. The molecule has 0 saturated heterocycles. The lowest BCUT2D eigenvalue weighted by Gasteiger charge is -2.12. The zero-order valence-corrected chi connectivity index (χ0v) is 13.5. The lowest BCUT2D eigenvalue weighted by Crippen LogP contribution is -1.88. The first-order valence-electron chi connectivity index (χ1n) is 4.86. The molecule has 0 unspecified atom stereocenters. The number of hydrogen-bond acceptors (Lipinski definition) is 1. The highest BCUT2D eigenvalue weighted by atomic mass is 35.5. The van der Waals surface area contributed by atoms with Gasteiger partial charge in [0.1, 0.15) is 21.5 Å². The van der Waals surface area contributed by atoms with Crippen LogP contribution in [-0.2, 0) is 0 Å². The summed E-state index contributed by atoms with van der Waals surface area (Å²) < 4.78 is 5.56. The van der Waals surface area contributed by atoms with Crippen molar-refractivity contribution in [3.05, 3.63) is 54.4 Å². The Bertz CT molecular complexity index is 641. The molecule has 2 rings (SSSR count). The third kappa shape index (κ3) is 3.18. The molecule has 0 bridgehead atoms. The van der Waals surface area contributed by atoms with Crippen molar-refractivity contribution in [2.24, 2.45) is 0 Å². The van der Waals surface area contributed by atoms with Gasteiger partial charge in [0.15, 0.2) is 0 Å². The van der Waals surface area contributed by atoms with Crippen LogP contribution >= 0.6 is 69.6 Å². The molecule has 0 fully saturated rings. The molecule has 0 aliphatic carbocycles. The summed E-state index contributed by atoms with van der Waals surface area (Å²) in [6, 6.07) is 6.42. The molecule has 0 heterocycles. The monoisotopic (exact) mass is 374 g/mol. The molecule has 7 heteroatoms. The van der Waals surface area contributed by atoms with Gasteiger partial charge in [-0.05, 0) is 12.1 Å². The molecule has 0 aliphatic rings. The fourth-order valence-corrected chi connectivity index (χ4v) is 2.46. The molecule has 0 aliphatic heterocycles. The van der Waals surface area contributed by atoms with Gasteiger partial charge in [0.2, 0.25) is 0 Å². The second-order valence-electron chi connectivity index (χ2n) is 3.45. The van der Waals surface area contributed by atoms with Crippen LogP contribution in [0.25, 0.3) is 0 Å². The highest BCUT2D eigenvalue weighted by Gasteiger charge is 2.16. The lowest BCUT2D eigenvalue weighted by atomic mass is 10.3. The van der Waals surface area contributed by atoms with Crippen molar-refractivity contribution in [1.82, 2.24) is 0 Å². The van der Waals surface area contributed by atoms with Gasteiger partial charge in [0.05, 0.1) is 20.1 Å². The molecule has 0 saturated carbocycles. The highest BCUT2D eigenvalue weighted by molar-refractivity contribution is 6.52. The van der Waals surface area contributed by atoms with Crippen LogP contribution < -0.4 is 4.74 Å². The van der Waals surface area contributed by atoms with E-state index in [1.165, 1.54) is 6.07 Å². The fraction of sp³-hybridized carbons (Fsp3) is 0. The summed E-state index contributed by atoms with van der Waals surface area (Å²) >= 11 is 35.7. The molecule has 1 nitrogen and oxygen atoms in total. The maximum atomic E-state index is 6.04. The third-order valence-corrected chi connectivity index (χ3v) is 4.74. The van der Waals surface area contributed by atoms with Gasteiger partial charge >= 0.3 is 0 Å². The first-order valence-corrected chi connectivity index (χ1v) is 7.13. The van der Waals surface area contributed by atoms with E-state index >= 15 is 0 Å². The molecule has 2 aromatic rings. The van der Waals surface area contributed by atoms with Crippen LogP contribution in [0, 0.1) is 0 Å². The van der Waals surface area contributed by atoms with Crippen molar-refractivity contribution in [3.8, 4) is 11.5 Å². The van der Waals surface area contributed by atoms with Crippen molar-refractivity contribution >= 4 is 69.6 Å². The van der Waals surface area contributed by atoms with E-state index in [0.29, 0.717) is 10.8 Å². The van der Waals surface area contributed by atoms with Crippen molar-refractivity contribution in [2.45, 2.75) is 0 Å². The van der Waals surface area contributed by atoms with Crippen molar-refractivity contribution in [2.75, 3.05) is 0 Å². The van der Waals surface area contributed by atoms with Gasteiger partial charge in [-0.15, -0.1) is 0 Å². The molecular weight excluding hydrogens is 373 g/mol. The number of ether oxygens (including phenoxy) is 1. The van der Waals surface area contributed by atoms with Crippen LogP contribution in [0.4, 0.5) is 0 Å². The molecule has 100 valence electrons. The number of benzene rings is 2. The third-order valence-electron chi connectivity index (χ3n) is 2.21. The smallest absolute Gasteiger partial charge is 0.149 e. The van der Waals surface area contributed by atoms with Crippen molar-refractivity contribution in [1.29, 1.82) is 0 Å². The summed E-state index contributed by atoms with van der Waals surface area (Å²) in [5.41, 5.74) is 0. The Balaban J connectivity index is 2.47. The van der Waals surface area contributed by atoms with Gasteiger partial charge in [0.25, 0.3) is 0 Å². The molecule has 0 N–H and O–H groups in total. The molecular formula is C12H4Cl6O. The minimum atomic E-state index is 0.115. The molecule has 19 heavy (non-hydrogen) atoms. The van der Waals surface area contributed by atoms with E-state index < -0.39 is 0 Å². The second-order valence-corrected chi connectivity index (χ2v) is 5.78. The quantitative estimate of drug-likeness (QED) is 0.392. The number of halogens is 6. The summed E-state index contributed by atoms with van der Waals surface area (Å²) in [5.74, 6) is 0.579. The SMILES string of the molecule is Clc1cccc(Oc2cc(Cl)c(Cl)c(Cl)c2Cl)c1Cl. The molecule has 0 atom stereocenters. The van der Waals surface area contributed by atoms with Gasteiger partial charge in [-0.25, -0.2) is 0 Å². The maximum absolute atomic E-state index is 6.04. The average molecular weight is 377 g/mol. The van der Waals surface area contributed by atoms with E-state index in [1.807, 2.05) is 0 Å². The number of hydrogen-bond donors (Lipinski definition) is 0. The predicted molar refractivity (Wildman–Crippen MR) is 83.0 cm³/mol. The van der Waals surface area contributed by atoms with Crippen LogP contribution in [0.5, 0.6) is 11.5 Å². The standard InChI is InChI=1S/C12H4Cl6O/c13-5-2-1-3-7(9(5)15)19-8-4-6(14)10(16)12(18)11(8)17/h1-4H. The van der Waals surface area contributed by atoms with Gasteiger partial charge < -0.3 is 4.74 Å². The van der Waals surface area contributed by atoms with Crippen LogP contribution in [0.1, 0.15) is 0 Å². The Morgan fingerprint density at radius 2 is 1.32 bits per heavy atom. The topological polar surface area (TPSA) is 9.23 Å². The first kappa shape index (κ1) is 15.4. The summed E-state index contributed by atoms with van der Waals surface area (Å²) in [7, 11) is 0. The van der Waals surface area contributed by atoms with Crippen molar-refractivity contribution < 1.29 is 4.74 Å². The Morgan fingerprint density at radius 3 is 2.00 bits per heavy atom. The van der Waals surface area contributed by atoms with Gasteiger partial charge in [-0.1, -0.05) is 75.7 Å². The van der Waals surface area contributed by atoms with Gasteiger partial charge in [-0.3, -0.25) is 0 Å². The molecule has 0 amide bonds. The minimum absolute atomic E-state index is 0.115. The molecule has 0 radical (unpaired) electrons. The summed E-state index contributed by atoms with van der Waals surface area (Å²) in [6.45, 7) is 0. The highest BCUT2D eigenvalue weighted by Crippen LogP contribution is 2.44. The Labute approximate surface area is 139 Å². The van der Waals surface area contributed by atoms with E-state index in [-0.39, 0.29) is 30.9 Å². The van der Waals surface area contributed by atoms with Crippen LogP contribution in [0.2, 0.25) is 30.1 Å². The van der Waals surface area contributed by atoms with Crippen LogP contribution in [0.15, 0.2) is 24.3 Å². The molecule has 0 spiro atoms. The maximum Gasteiger partial charge on any atom is 0.149 e. The van der Waals surface area contributed by atoms with Gasteiger partial charge in [-0.2, -0.15) is 0 Å². The minimum Gasteiger partial charge on any atom is -0.454 e. The Hall–Kier alpha value is -0.0200. The second kappa shape index (κ2) is 6.17. The summed E-state index contributed by atoms with van der Waals surface area (Å²) in [6.07, 6.45) is 0. The zero-order valence-electron chi connectivity index (χ0n) is 8.99. The van der Waals surface area contributed by atoms with Crippen LogP contribution in [0.3, 0.4) is 0 Å². The van der Waals surface area contributed by atoms with Crippen LogP contribution in [-0.4, -0.2) is 0 Å². The lowest BCUT2D eigenvalue weighted by molar-refractivity contribution is 0.483. The van der Waals surface area contributed by atoms with Crippen molar-refractivity contribution in [3.63, 3.8) is 0 Å². The van der Waals surface area contributed by atoms with E-state index in [2.05, 4.69) is 0 Å².